The summed E-state index contributed by atoms with van der Waals surface area (Å²) in [6.07, 6.45) is 3.96. The standard InChI is InChI=1S/C20H35N5O3/c1-16(26)21-14-19(27)23-8-5-18(6-9-23)25-7-3-4-17(15-25)20(28)24-12-10-22(2)11-13-24/h17-18H,3-15H2,1-2H3,(H,21,26). The maximum Gasteiger partial charge on any atom is 0.241 e. The number of hydrogen-bond donors (Lipinski definition) is 1. The summed E-state index contributed by atoms with van der Waals surface area (Å²) in [4.78, 5) is 44.8. The largest absolute Gasteiger partial charge is 0.347 e. The minimum Gasteiger partial charge on any atom is -0.347 e. The van der Waals surface area contributed by atoms with Crippen molar-refractivity contribution in [3.63, 3.8) is 0 Å². The predicted octanol–water partition coefficient (Wildman–Crippen LogP) is -0.400. The normalized spacial score (nSPS) is 25.6. The first-order valence-corrected chi connectivity index (χ1v) is 10.7. The summed E-state index contributed by atoms with van der Waals surface area (Å²) in [5, 5.41) is 2.58. The Balaban J connectivity index is 1.45. The van der Waals surface area contributed by atoms with E-state index < -0.39 is 0 Å². The molecule has 1 N–H and O–H groups in total. The first-order valence-electron chi connectivity index (χ1n) is 10.7. The van der Waals surface area contributed by atoms with E-state index in [1.165, 1.54) is 6.92 Å². The van der Waals surface area contributed by atoms with Gasteiger partial charge in [-0.1, -0.05) is 0 Å². The van der Waals surface area contributed by atoms with Crippen molar-refractivity contribution in [2.24, 2.45) is 5.92 Å². The Bertz CT molecular complexity index is 568. The Morgan fingerprint density at radius 1 is 0.893 bits per heavy atom. The smallest absolute Gasteiger partial charge is 0.241 e. The van der Waals surface area contributed by atoms with Crippen LogP contribution in [-0.2, 0) is 14.4 Å². The third kappa shape index (κ3) is 5.44. The summed E-state index contributed by atoms with van der Waals surface area (Å²) >= 11 is 0. The Morgan fingerprint density at radius 3 is 2.21 bits per heavy atom. The van der Waals surface area contributed by atoms with Gasteiger partial charge in [0.2, 0.25) is 17.7 Å². The maximum atomic E-state index is 12.9. The highest BCUT2D eigenvalue weighted by atomic mass is 16.2. The van der Waals surface area contributed by atoms with Crippen LogP contribution in [-0.4, -0.2) is 109 Å². The number of likely N-dealkylation sites (tertiary alicyclic amines) is 2. The molecule has 28 heavy (non-hydrogen) atoms. The molecule has 0 aromatic heterocycles. The van der Waals surface area contributed by atoms with Crippen LogP contribution in [0.4, 0.5) is 0 Å². The third-order valence-corrected chi connectivity index (χ3v) is 6.44. The number of carbonyl (C=O) groups is 3. The van der Waals surface area contributed by atoms with Crippen molar-refractivity contribution in [3.05, 3.63) is 0 Å². The molecule has 158 valence electrons. The molecule has 3 fully saturated rings. The highest BCUT2D eigenvalue weighted by molar-refractivity contribution is 5.83. The minimum absolute atomic E-state index is 0.00425. The zero-order chi connectivity index (χ0) is 20.1. The van der Waals surface area contributed by atoms with Gasteiger partial charge in [0.25, 0.3) is 0 Å². The maximum absolute atomic E-state index is 12.9. The molecule has 3 saturated heterocycles. The molecule has 1 unspecified atom stereocenters. The number of hydrogen-bond acceptors (Lipinski definition) is 5. The summed E-state index contributed by atoms with van der Waals surface area (Å²) in [5.74, 6) is 0.278. The van der Waals surface area contributed by atoms with E-state index in [-0.39, 0.29) is 24.3 Å². The van der Waals surface area contributed by atoms with E-state index in [2.05, 4.69) is 27.1 Å². The van der Waals surface area contributed by atoms with E-state index >= 15 is 0 Å². The van der Waals surface area contributed by atoms with Crippen LogP contribution < -0.4 is 5.32 Å². The van der Waals surface area contributed by atoms with Gasteiger partial charge in [0.05, 0.1) is 12.5 Å². The van der Waals surface area contributed by atoms with Crippen molar-refractivity contribution in [1.29, 1.82) is 0 Å². The van der Waals surface area contributed by atoms with Crippen LogP contribution >= 0.6 is 0 Å². The molecule has 0 saturated carbocycles. The van der Waals surface area contributed by atoms with Gasteiger partial charge < -0.3 is 20.0 Å². The molecule has 3 amide bonds. The molecule has 3 rings (SSSR count). The number of nitrogens with zero attached hydrogens (tertiary/aromatic N) is 4. The second kappa shape index (κ2) is 9.69. The van der Waals surface area contributed by atoms with Crippen molar-refractivity contribution in [2.75, 3.05) is 66.0 Å². The van der Waals surface area contributed by atoms with Crippen molar-refractivity contribution >= 4 is 17.7 Å². The summed E-state index contributed by atoms with van der Waals surface area (Å²) in [6, 6.07) is 0.452. The van der Waals surface area contributed by atoms with Crippen LogP contribution in [0.15, 0.2) is 0 Å². The van der Waals surface area contributed by atoms with E-state index in [0.29, 0.717) is 11.9 Å². The van der Waals surface area contributed by atoms with Gasteiger partial charge in [0.15, 0.2) is 0 Å². The molecule has 8 nitrogen and oxygen atoms in total. The molecule has 0 radical (unpaired) electrons. The molecule has 0 spiro atoms. The number of piperidine rings is 2. The van der Waals surface area contributed by atoms with Crippen molar-refractivity contribution in [1.82, 2.24) is 24.9 Å². The number of piperazine rings is 1. The lowest BCUT2D eigenvalue weighted by Crippen LogP contribution is -2.54. The van der Waals surface area contributed by atoms with Gasteiger partial charge in [-0.15, -0.1) is 0 Å². The summed E-state index contributed by atoms with van der Waals surface area (Å²) < 4.78 is 0. The second-order valence-corrected chi connectivity index (χ2v) is 8.48. The molecule has 3 aliphatic rings. The van der Waals surface area contributed by atoms with Crippen LogP contribution in [0.25, 0.3) is 0 Å². The number of amides is 3. The highest BCUT2D eigenvalue weighted by Crippen LogP contribution is 2.25. The molecule has 0 bridgehead atoms. The van der Waals surface area contributed by atoms with Crippen LogP contribution in [0.5, 0.6) is 0 Å². The fourth-order valence-electron chi connectivity index (χ4n) is 4.62. The highest BCUT2D eigenvalue weighted by Gasteiger charge is 2.34. The van der Waals surface area contributed by atoms with Gasteiger partial charge in [-0.2, -0.15) is 0 Å². The SMILES string of the molecule is CC(=O)NCC(=O)N1CCC(N2CCCC(C(=O)N3CCN(C)CC3)C2)CC1. The molecule has 3 aliphatic heterocycles. The predicted molar refractivity (Wildman–Crippen MR) is 107 cm³/mol. The van der Waals surface area contributed by atoms with E-state index in [1.54, 1.807) is 0 Å². The van der Waals surface area contributed by atoms with Gasteiger partial charge >= 0.3 is 0 Å². The lowest BCUT2D eigenvalue weighted by Gasteiger charge is -2.43. The van der Waals surface area contributed by atoms with Gasteiger partial charge in [-0.25, -0.2) is 0 Å². The average molecular weight is 394 g/mol. The van der Waals surface area contributed by atoms with Gasteiger partial charge in [0, 0.05) is 58.8 Å². The number of nitrogens with one attached hydrogen (secondary N) is 1. The summed E-state index contributed by atoms with van der Waals surface area (Å²) in [6.45, 7) is 8.52. The Labute approximate surface area is 168 Å². The van der Waals surface area contributed by atoms with Gasteiger partial charge in [-0.3, -0.25) is 19.3 Å². The Kier molecular flexibility index (Phi) is 7.29. The third-order valence-electron chi connectivity index (χ3n) is 6.44. The zero-order valence-electron chi connectivity index (χ0n) is 17.4. The number of rotatable bonds is 4. The van der Waals surface area contributed by atoms with Crippen LogP contribution in [0, 0.1) is 5.92 Å². The van der Waals surface area contributed by atoms with Gasteiger partial charge in [-0.05, 0) is 39.3 Å². The second-order valence-electron chi connectivity index (χ2n) is 8.48. The van der Waals surface area contributed by atoms with Crippen LogP contribution in [0.3, 0.4) is 0 Å². The Morgan fingerprint density at radius 2 is 1.57 bits per heavy atom. The molecular formula is C20H35N5O3. The number of carbonyl (C=O) groups excluding carboxylic acids is 3. The van der Waals surface area contributed by atoms with Gasteiger partial charge in [0.1, 0.15) is 0 Å². The number of likely N-dealkylation sites (N-methyl/N-ethyl adjacent to an activating group) is 1. The van der Waals surface area contributed by atoms with E-state index in [0.717, 1.165) is 78.0 Å². The first-order chi connectivity index (χ1) is 13.4. The van der Waals surface area contributed by atoms with Crippen molar-refractivity contribution in [2.45, 2.75) is 38.6 Å². The molecule has 0 aromatic carbocycles. The first kappa shape index (κ1) is 21.0. The lowest BCUT2D eigenvalue weighted by molar-refractivity contribution is -0.139. The van der Waals surface area contributed by atoms with Crippen LogP contribution in [0.1, 0.15) is 32.6 Å². The monoisotopic (exact) mass is 393 g/mol. The molecular weight excluding hydrogens is 358 g/mol. The fraction of sp³-hybridized carbons (Fsp3) is 0.850. The van der Waals surface area contributed by atoms with Crippen molar-refractivity contribution in [3.8, 4) is 0 Å². The quantitative estimate of drug-likeness (QED) is 0.703. The topological polar surface area (TPSA) is 76.2 Å². The average Bonchev–Trinajstić information content (AvgIpc) is 2.72. The molecule has 1 atom stereocenters. The van der Waals surface area contributed by atoms with Crippen molar-refractivity contribution < 1.29 is 14.4 Å². The molecule has 0 aromatic rings. The van der Waals surface area contributed by atoms with E-state index in [4.69, 9.17) is 0 Å². The lowest BCUT2D eigenvalue weighted by atomic mass is 9.92. The molecule has 3 heterocycles. The minimum atomic E-state index is -0.174. The zero-order valence-corrected chi connectivity index (χ0v) is 17.4. The van der Waals surface area contributed by atoms with E-state index in [1.807, 2.05) is 4.90 Å². The summed E-state index contributed by atoms with van der Waals surface area (Å²) in [7, 11) is 2.11. The van der Waals surface area contributed by atoms with Crippen LogP contribution in [0.2, 0.25) is 0 Å². The summed E-state index contributed by atoms with van der Waals surface area (Å²) in [5.41, 5.74) is 0. The molecule has 0 aliphatic carbocycles. The molecule has 8 heteroatoms. The fourth-order valence-corrected chi connectivity index (χ4v) is 4.62. The van der Waals surface area contributed by atoms with E-state index in [9.17, 15) is 14.4 Å². The Hall–Kier alpha value is -1.67.